The number of aryl methyl sites for hydroxylation is 1. The molecule has 1 aromatic carbocycles. The first-order valence-corrected chi connectivity index (χ1v) is 13.4. The lowest BCUT2D eigenvalue weighted by Crippen LogP contribution is -2.41. The average molecular weight is 519 g/mol. The number of benzene rings is 1. The summed E-state index contributed by atoms with van der Waals surface area (Å²) in [6.07, 6.45) is 4.67. The third-order valence-corrected chi connectivity index (χ3v) is 8.31. The fourth-order valence-corrected chi connectivity index (χ4v) is 6.19. The number of ether oxygens (including phenoxy) is 1. The van der Waals surface area contributed by atoms with Gasteiger partial charge in [0.25, 0.3) is 0 Å². The first-order valence-electron chi connectivity index (χ1n) is 12.1. The Morgan fingerprint density at radius 1 is 1.34 bits per heavy atom. The number of aromatic nitrogens is 1. The standard InChI is InChI=1S/C27H32ClFN2O3S/c1-34-20-4-5-24-21(15-20)26(22(28)17-30-24)23(29)6-8-27(16-25(32)33)9-12-31(13-10-27)11-2-3-19-7-14-35-18-19/h4-5,7,14-15,17-18,23H,2-3,6,8-13,16H2,1H3,(H,32,33)/t23-/m1/s1. The Balaban J connectivity index is 1.40. The minimum absolute atomic E-state index is 0.0705. The molecule has 0 radical (unpaired) electrons. The van der Waals surface area contributed by atoms with Crippen molar-refractivity contribution in [2.45, 2.75) is 51.1 Å². The van der Waals surface area contributed by atoms with Gasteiger partial charge in [0.1, 0.15) is 11.9 Å². The number of nitrogens with zero attached hydrogens (tertiary/aromatic N) is 2. The summed E-state index contributed by atoms with van der Waals surface area (Å²) >= 11 is 8.12. The summed E-state index contributed by atoms with van der Waals surface area (Å²) in [6.45, 7) is 2.71. The summed E-state index contributed by atoms with van der Waals surface area (Å²) in [7, 11) is 1.57. The number of piperidine rings is 1. The van der Waals surface area contributed by atoms with E-state index < -0.39 is 17.6 Å². The number of likely N-dealkylation sites (tertiary alicyclic amines) is 1. The number of fused-ring (bicyclic) bond motifs is 1. The molecule has 188 valence electrons. The van der Waals surface area contributed by atoms with Gasteiger partial charge >= 0.3 is 5.97 Å². The van der Waals surface area contributed by atoms with Crippen LogP contribution in [0.3, 0.4) is 0 Å². The van der Waals surface area contributed by atoms with Crippen LogP contribution in [0.15, 0.2) is 41.2 Å². The summed E-state index contributed by atoms with van der Waals surface area (Å²) in [4.78, 5) is 18.5. The molecule has 0 amide bonds. The van der Waals surface area contributed by atoms with E-state index in [4.69, 9.17) is 16.3 Å². The zero-order chi connectivity index (χ0) is 24.8. The molecule has 4 rings (SSSR count). The Labute approximate surface area is 214 Å². The minimum atomic E-state index is -1.31. The summed E-state index contributed by atoms with van der Waals surface area (Å²) in [5.41, 5.74) is 2.05. The van der Waals surface area contributed by atoms with E-state index in [2.05, 4.69) is 26.7 Å². The van der Waals surface area contributed by atoms with Gasteiger partial charge in [-0.05, 0) is 104 Å². The maximum Gasteiger partial charge on any atom is 0.303 e. The topological polar surface area (TPSA) is 62.7 Å². The molecule has 35 heavy (non-hydrogen) atoms. The van der Waals surface area contributed by atoms with Crippen molar-refractivity contribution in [3.8, 4) is 5.75 Å². The van der Waals surface area contributed by atoms with E-state index >= 15 is 4.39 Å². The first kappa shape index (κ1) is 25.9. The van der Waals surface area contributed by atoms with Gasteiger partial charge in [-0.25, -0.2) is 4.39 Å². The van der Waals surface area contributed by atoms with Crippen molar-refractivity contribution in [1.82, 2.24) is 9.88 Å². The molecule has 0 unspecified atom stereocenters. The lowest BCUT2D eigenvalue weighted by atomic mass is 9.71. The van der Waals surface area contributed by atoms with Crippen LogP contribution < -0.4 is 4.74 Å². The van der Waals surface area contributed by atoms with E-state index in [0.29, 0.717) is 28.6 Å². The number of rotatable bonds is 11. The maximum absolute atomic E-state index is 15.7. The van der Waals surface area contributed by atoms with E-state index in [1.54, 1.807) is 36.6 Å². The van der Waals surface area contributed by atoms with Crippen molar-refractivity contribution in [1.29, 1.82) is 0 Å². The number of aliphatic carboxylic acids is 1. The molecule has 2 aromatic heterocycles. The number of hydrogen-bond acceptors (Lipinski definition) is 5. The van der Waals surface area contributed by atoms with Gasteiger partial charge in [-0.3, -0.25) is 9.78 Å². The van der Waals surface area contributed by atoms with Gasteiger partial charge in [-0.1, -0.05) is 11.6 Å². The SMILES string of the molecule is COc1ccc2ncc(Cl)c([C@H](F)CCC3(CC(=O)O)CCN(CCCc4ccsc4)CC3)c2c1. The van der Waals surface area contributed by atoms with Crippen LogP contribution in [0.1, 0.15) is 55.8 Å². The van der Waals surface area contributed by atoms with Gasteiger partial charge in [0.15, 0.2) is 0 Å². The molecule has 1 aliphatic heterocycles. The molecule has 0 saturated carbocycles. The molecule has 0 bridgehead atoms. The Hall–Kier alpha value is -2.22. The summed E-state index contributed by atoms with van der Waals surface area (Å²) < 4.78 is 21.0. The molecule has 3 heterocycles. The maximum atomic E-state index is 15.7. The molecular formula is C27H32ClFN2O3S. The molecule has 1 saturated heterocycles. The smallest absolute Gasteiger partial charge is 0.303 e. The number of methoxy groups -OCH3 is 1. The number of pyridine rings is 1. The van der Waals surface area contributed by atoms with Crippen LogP contribution in [0.5, 0.6) is 5.75 Å². The molecule has 1 fully saturated rings. The highest BCUT2D eigenvalue weighted by molar-refractivity contribution is 7.07. The van der Waals surface area contributed by atoms with Gasteiger partial charge in [0.05, 0.1) is 24.1 Å². The molecular weight excluding hydrogens is 487 g/mol. The molecule has 0 aliphatic carbocycles. The van der Waals surface area contributed by atoms with Crippen LogP contribution >= 0.6 is 22.9 Å². The van der Waals surface area contributed by atoms with Crippen molar-refractivity contribution in [2.75, 3.05) is 26.7 Å². The number of carbonyl (C=O) groups is 1. The normalized spacial score (nSPS) is 16.9. The van der Waals surface area contributed by atoms with Crippen molar-refractivity contribution >= 4 is 39.8 Å². The number of alkyl halides is 1. The van der Waals surface area contributed by atoms with Crippen molar-refractivity contribution < 1.29 is 19.0 Å². The van der Waals surface area contributed by atoms with Crippen molar-refractivity contribution in [3.05, 3.63) is 57.4 Å². The molecule has 3 aromatic rings. The monoisotopic (exact) mass is 518 g/mol. The Bertz CT molecular complexity index is 1130. The van der Waals surface area contributed by atoms with Crippen LogP contribution in [-0.4, -0.2) is 47.7 Å². The van der Waals surface area contributed by atoms with Crippen molar-refractivity contribution in [2.24, 2.45) is 5.41 Å². The Kier molecular flexibility index (Phi) is 8.63. The summed E-state index contributed by atoms with van der Waals surface area (Å²) in [5.74, 6) is -0.202. The van der Waals surface area contributed by atoms with Crippen LogP contribution in [0.2, 0.25) is 5.02 Å². The predicted octanol–water partition coefficient (Wildman–Crippen LogP) is 6.94. The van der Waals surface area contributed by atoms with E-state index in [9.17, 15) is 9.90 Å². The minimum Gasteiger partial charge on any atom is -0.497 e. The molecule has 1 aliphatic rings. The number of carboxylic acid groups (broad SMARTS) is 1. The van der Waals surface area contributed by atoms with Gasteiger partial charge < -0.3 is 14.7 Å². The number of carboxylic acids is 1. The zero-order valence-electron chi connectivity index (χ0n) is 20.0. The largest absolute Gasteiger partial charge is 0.497 e. The molecule has 8 heteroatoms. The third kappa shape index (κ3) is 6.51. The second kappa shape index (κ2) is 11.7. The second-order valence-electron chi connectivity index (χ2n) is 9.56. The van der Waals surface area contributed by atoms with Gasteiger partial charge in [0, 0.05) is 17.1 Å². The summed E-state index contributed by atoms with van der Waals surface area (Å²) in [6, 6.07) is 7.51. The van der Waals surface area contributed by atoms with E-state index in [1.807, 2.05) is 0 Å². The fourth-order valence-electron chi connectivity index (χ4n) is 5.22. The predicted molar refractivity (Wildman–Crippen MR) is 139 cm³/mol. The fraction of sp³-hybridized carbons (Fsp3) is 0.481. The van der Waals surface area contributed by atoms with Crippen LogP contribution in [0, 0.1) is 5.41 Å². The van der Waals surface area contributed by atoms with Gasteiger partial charge in [0.2, 0.25) is 0 Å². The number of thiophene rings is 1. The highest BCUT2D eigenvalue weighted by Gasteiger charge is 2.37. The van der Waals surface area contributed by atoms with E-state index in [-0.39, 0.29) is 17.9 Å². The number of halogens is 2. The van der Waals surface area contributed by atoms with Crippen LogP contribution in [0.4, 0.5) is 4.39 Å². The molecule has 1 N–H and O–H groups in total. The quantitative estimate of drug-likeness (QED) is 0.298. The van der Waals surface area contributed by atoms with Crippen molar-refractivity contribution in [3.63, 3.8) is 0 Å². The molecule has 1 atom stereocenters. The number of hydrogen-bond donors (Lipinski definition) is 1. The molecule has 5 nitrogen and oxygen atoms in total. The van der Waals surface area contributed by atoms with Crippen LogP contribution in [0.25, 0.3) is 10.9 Å². The van der Waals surface area contributed by atoms with Gasteiger partial charge in [-0.2, -0.15) is 11.3 Å². The highest BCUT2D eigenvalue weighted by atomic mass is 35.5. The lowest BCUT2D eigenvalue weighted by molar-refractivity contribution is -0.141. The zero-order valence-corrected chi connectivity index (χ0v) is 21.6. The Morgan fingerprint density at radius 3 is 2.83 bits per heavy atom. The second-order valence-corrected chi connectivity index (χ2v) is 10.7. The highest BCUT2D eigenvalue weighted by Crippen LogP contribution is 2.44. The first-order chi connectivity index (χ1) is 16.9. The van der Waals surface area contributed by atoms with Gasteiger partial charge in [-0.15, -0.1) is 0 Å². The third-order valence-electron chi connectivity index (χ3n) is 7.27. The van der Waals surface area contributed by atoms with Crippen LogP contribution in [-0.2, 0) is 11.2 Å². The van der Waals surface area contributed by atoms with E-state index in [0.717, 1.165) is 45.3 Å². The average Bonchev–Trinajstić information content (AvgIpc) is 3.36. The van der Waals surface area contributed by atoms with E-state index in [1.165, 1.54) is 11.8 Å². The lowest BCUT2D eigenvalue weighted by Gasteiger charge is -2.41. The molecule has 0 spiro atoms. The Morgan fingerprint density at radius 2 is 2.14 bits per heavy atom. The summed E-state index contributed by atoms with van der Waals surface area (Å²) in [5, 5.41) is 14.8.